The zero-order chi connectivity index (χ0) is 30.6. The zero-order valence-electron chi connectivity index (χ0n) is 25.1. The number of nitrogens with two attached hydrogens (primary N) is 1. The van der Waals surface area contributed by atoms with Gasteiger partial charge in [0.05, 0.1) is 28.4 Å². The molecule has 1 amide bonds. The summed E-state index contributed by atoms with van der Waals surface area (Å²) in [4.78, 5) is 15.5. The third-order valence-corrected chi connectivity index (χ3v) is 9.25. The maximum atomic E-state index is 13.3. The fraction of sp³-hybridized carbons (Fsp3) is 0.353. The third kappa shape index (κ3) is 7.17. The highest BCUT2D eigenvalue weighted by atomic mass is 32.2. The van der Waals surface area contributed by atoms with E-state index in [1.165, 1.54) is 60.9 Å². The molecular weight excluding hydrogens is 560 g/mol. The molecule has 0 atom stereocenters. The quantitative estimate of drug-likeness (QED) is 0.271. The van der Waals surface area contributed by atoms with Gasteiger partial charge in [-0.3, -0.25) is 4.79 Å². The van der Waals surface area contributed by atoms with Crippen LogP contribution in [-0.2, 0) is 14.8 Å². The first-order chi connectivity index (χ1) is 20.6. The van der Waals surface area contributed by atoms with Crippen LogP contribution in [0, 0.1) is 6.92 Å². The standard InChI is InChI=1S/C34H40N4O4S/c1-4-37(19-20-42-31-17-14-27(15-18-31)26-9-6-5-7-10-26)29-16-13-28(24(2)21-29)22-33-25(3)36-38(34(33)39)30-11-8-12-32(23-30)43(35,40)41/h8,11-18,21-23,26H,4-7,9-10,19-20H2,1-3H3,(H2,35,40,41)/b33-22+. The summed E-state index contributed by atoms with van der Waals surface area (Å²) in [6.07, 6.45) is 8.44. The minimum absolute atomic E-state index is 0.0760. The Kier molecular flexibility index (Phi) is 9.32. The number of sulfonamides is 1. The van der Waals surface area contributed by atoms with E-state index in [0.29, 0.717) is 29.5 Å². The molecule has 1 saturated carbocycles. The first kappa shape index (κ1) is 30.5. The van der Waals surface area contributed by atoms with E-state index in [0.717, 1.165) is 35.7 Å². The molecule has 226 valence electrons. The van der Waals surface area contributed by atoms with Gasteiger partial charge in [-0.15, -0.1) is 0 Å². The smallest absolute Gasteiger partial charge is 0.280 e. The zero-order valence-corrected chi connectivity index (χ0v) is 25.9. The summed E-state index contributed by atoms with van der Waals surface area (Å²) in [5, 5.41) is 10.9. The molecule has 8 nitrogen and oxygen atoms in total. The second-order valence-electron chi connectivity index (χ2n) is 11.3. The fourth-order valence-corrected chi connectivity index (χ4v) is 6.39. The average Bonchev–Trinajstić information content (AvgIpc) is 3.29. The Morgan fingerprint density at radius 1 is 1.02 bits per heavy atom. The molecular formula is C34H40N4O4S. The van der Waals surface area contributed by atoms with E-state index < -0.39 is 10.0 Å². The van der Waals surface area contributed by atoms with Crippen LogP contribution >= 0.6 is 0 Å². The monoisotopic (exact) mass is 600 g/mol. The normalized spacial score (nSPS) is 16.9. The van der Waals surface area contributed by atoms with Crippen molar-refractivity contribution >= 4 is 39.1 Å². The number of hydrogen-bond donors (Lipinski definition) is 1. The maximum Gasteiger partial charge on any atom is 0.280 e. The highest BCUT2D eigenvalue weighted by Gasteiger charge is 2.29. The van der Waals surface area contributed by atoms with Crippen molar-refractivity contribution in [2.75, 3.05) is 29.6 Å². The second kappa shape index (κ2) is 13.1. The van der Waals surface area contributed by atoms with Crippen LogP contribution in [0.15, 0.2) is 82.3 Å². The largest absolute Gasteiger partial charge is 0.492 e. The summed E-state index contributed by atoms with van der Waals surface area (Å²) in [5.41, 5.74) is 5.79. The SMILES string of the molecule is CCN(CCOc1ccc(C2CCCCC2)cc1)c1ccc(/C=C2/C(=O)N(c3cccc(S(N)(=O)=O)c3)N=C2C)c(C)c1. The molecule has 2 N–H and O–H groups in total. The van der Waals surface area contributed by atoms with Gasteiger partial charge in [0, 0.05) is 12.2 Å². The predicted molar refractivity (Wildman–Crippen MR) is 173 cm³/mol. The first-order valence-corrected chi connectivity index (χ1v) is 16.5. The van der Waals surface area contributed by atoms with Crippen molar-refractivity contribution in [3.05, 3.63) is 89.0 Å². The number of likely N-dealkylation sites (N-methyl/N-ethyl adjacent to an activating group) is 1. The highest BCUT2D eigenvalue weighted by molar-refractivity contribution is 7.89. The summed E-state index contributed by atoms with van der Waals surface area (Å²) in [6, 6.07) is 20.7. The second-order valence-corrected chi connectivity index (χ2v) is 12.8. The van der Waals surface area contributed by atoms with Crippen molar-refractivity contribution in [2.24, 2.45) is 10.2 Å². The van der Waals surface area contributed by atoms with Crippen LogP contribution in [0.5, 0.6) is 5.75 Å². The number of ether oxygens (including phenoxy) is 1. The van der Waals surface area contributed by atoms with Crippen LogP contribution in [0.3, 0.4) is 0 Å². The minimum atomic E-state index is -3.91. The Morgan fingerprint density at radius 2 is 1.77 bits per heavy atom. The van der Waals surface area contributed by atoms with Gasteiger partial charge in [0.25, 0.3) is 5.91 Å². The van der Waals surface area contributed by atoms with Gasteiger partial charge in [-0.05, 0) is 105 Å². The van der Waals surface area contributed by atoms with E-state index >= 15 is 0 Å². The predicted octanol–water partition coefficient (Wildman–Crippen LogP) is 6.40. The van der Waals surface area contributed by atoms with Gasteiger partial charge in [-0.25, -0.2) is 13.6 Å². The average molecular weight is 601 g/mol. The molecule has 2 aliphatic rings. The van der Waals surface area contributed by atoms with Gasteiger partial charge in [-0.2, -0.15) is 10.1 Å². The molecule has 43 heavy (non-hydrogen) atoms. The molecule has 3 aromatic carbocycles. The number of aryl methyl sites for hydroxylation is 1. The molecule has 0 spiro atoms. The molecule has 1 aliphatic carbocycles. The first-order valence-electron chi connectivity index (χ1n) is 15.0. The van der Waals surface area contributed by atoms with Crippen LogP contribution in [0.2, 0.25) is 0 Å². The van der Waals surface area contributed by atoms with Gasteiger partial charge < -0.3 is 9.64 Å². The van der Waals surface area contributed by atoms with Gasteiger partial charge in [0.15, 0.2) is 0 Å². The number of carbonyl (C=O) groups is 1. The molecule has 1 aliphatic heterocycles. The number of nitrogens with zero attached hydrogens (tertiary/aromatic N) is 3. The molecule has 9 heteroatoms. The fourth-order valence-electron chi connectivity index (χ4n) is 5.84. The van der Waals surface area contributed by atoms with E-state index in [4.69, 9.17) is 9.88 Å². The van der Waals surface area contributed by atoms with Crippen molar-refractivity contribution in [3.8, 4) is 5.75 Å². The lowest BCUT2D eigenvalue weighted by molar-refractivity contribution is -0.114. The minimum Gasteiger partial charge on any atom is -0.492 e. The Hall–Kier alpha value is -3.95. The van der Waals surface area contributed by atoms with Crippen LogP contribution in [0.25, 0.3) is 6.08 Å². The Morgan fingerprint density at radius 3 is 2.44 bits per heavy atom. The Bertz CT molecular complexity index is 1640. The van der Waals surface area contributed by atoms with Crippen molar-refractivity contribution < 1.29 is 17.9 Å². The molecule has 0 saturated heterocycles. The molecule has 5 rings (SSSR count). The molecule has 1 fully saturated rings. The number of rotatable bonds is 10. The number of benzene rings is 3. The number of amides is 1. The lowest BCUT2D eigenvalue weighted by atomic mass is 9.84. The summed E-state index contributed by atoms with van der Waals surface area (Å²) in [5.74, 6) is 1.26. The van der Waals surface area contributed by atoms with Gasteiger partial charge in [-0.1, -0.05) is 43.5 Å². The van der Waals surface area contributed by atoms with Gasteiger partial charge in [0.2, 0.25) is 10.0 Å². The molecule has 0 unspecified atom stereocenters. The summed E-state index contributed by atoms with van der Waals surface area (Å²) in [7, 11) is -3.91. The summed E-state index contributed by atoms with van der Waals surface area (Å²) < 4.78 is 29.7. The van der Waals surface area contributed by atoms with E-state index in [2.05, 4.69) is 53.3 Å². The number of anilines is 2. The van der Waals surface area contributed by atoms with Crippen LogP contribution in [0.4, 0.5) is 11.4 Å². The summed E-state index contributed by atoms with van der Waals surface area (Å²) >= 11 is 0. The number of hydrazone groups is 1. The molecule has 0 radical (unpaired) electrons. The van der Waals surface area contributed by atoms with Crippen molar-refractivity contribution in [1.29, 1.82) is 0 Å². The number of primary sulfonamides is 1. The van der Waals surface area contributed by atoms with Crippen molar-refractivity contribution in [3.63, 3.8) is 0 Å². The molecule has 0 aromatic heterocycles. The van der Waals surface area contributed by atoms with E-state index in [1.807, 2.05) is 19.1 Å². The topological polar surface area (TPSA) is 105 Å². The van der Waals surface area contributed by atoms with Crippen molar-refractivity contribution in [2.45, 2.75) is 63.7 Å². The molecule has 1 heterocycles. The third-order valence-electron chi connectivity index (χ3n) is 8.34. The van der Waals surface area contributed by atoms with Crippen LogP contribution < -0.4 is 19.8 Å². The number of carbonyl (C=O) groups excluding carboxylic acids is 1. The van der Waals surface area contributed by atoms with Crippen LogP contribution in [0.1, 0.15) is 68.6 Å². The maximum absolute atomic E-state index is 13.3. The van der Waals surface area contributed by atoms with Crippen molar-refractivity contribution in [1.82, 2.24) is 0 Å². The van der Waals surface area contributed by atoms with E-state index in [-0.39, 0.29) is 10.8 Å². The highest BCUT2D eigenvalue weighted by Crippen LogP contribution is 2.33. The van der Waals surface area contributed by atoms with E-state index in [1.54, 1.807) is 13.0 Å². The number of hydrogen-bond acceptors (Lipinski definition) is 6. The molecule has 0 bridgehead atoms. The molecule has 3 aromatic rings. The van der Waals surface area contributed by atoms with Gasteiger partial charge in [0.1, 0.15) is 12.4 Å². The lowest BCUT2D eigenvalue weighted by Gasteiger charge is -2.24. The Labute approximate surface area is 254 Å². The lowest BCUT2D eigenvalue weighted by Crippen LogP contribution is -2.28. The Balaban J connectivity index is 1.23. The van der Waals surface area contributed by atoms with E-state index in [9.17, 15) is 13.2 Å². The summed E-state index contributed by atoms with van der Waals surface area (Å²) in [6.45, 7) is 8.07. The van der Waals surface area contributed by atoms with Crippen LogP contribution in [-0.4, -0.2) is 39.7 Å². The van der Waals surface area contributed by atoms with Gasteiger partial charge >= 0.3 is 0 Å².